The predicted octanol–water partition coefficient (Wildman–Crippen LogP) is 5.16. The number of hydrogen-bond acceptors (Lipinski definition) is 1. The number of nitrogens with zero attached hydrogens (tertiary/aromatic N) is 1. The monoisotopic (exact) mass is 300 g/mol. The molecule has 4 heteroatoms. The van der Waals surface area contributed by atoms with Gasteiger partial charge in [0.2, 0.25) is 0 Å². The molecule has 0 spiro atoms. The van der Waals surface area contributed by atoms with Crippen molar-refractivity contribution in [3.05, 3.63) is 70.1 Å². The van der Waals surface area contributed by atoms with Gasteiger partial charge in [-0.25, -0.2) is 0 Å². The number of nitrogens with one attached hydrogen (secondary N) is 1. The molecule has 0 fully saturated rings. The molecule has 2 aromatic carbocycles. The van der Waals surface area contributed by atoms with E-state index in [4.69, 9.17) is 23.8 Å². The number of rotatable bonds is 2. The Hall–Kier alpha value is -1.84. The lowest BCUT2D eigenvalue weighted by atomic mass is 10.1. The third kappa shape index (κ3) is 2.55. The molecule has 3 rings (SSSR count). The molecule has 0 aliphatic rings. The molecule has 2 nitrogen and oxygen atoms in total. The summed E-state index contributed by atoms with van der Waals surface area (Å²) < 4.78 is 2.58. The van der Waals surface area contributed by atoms with E-state index in [9.17, 15) is 0 Å². The highest BCUT2D eigenvalue weighted by Gasteiger charge is 2.05. The molecule has 1 aromatic heterocycles. The van der Waals surface area contributed by atoms with Gasteiger partial charge in [0, 0.05) is 16.9 Å². The van der Waals surface area contributed by atoms with Gasteiger partial charge in [0.05, 0.1) is 5.69 Å². The van der Waals surface area contributed by atoms with Gasteiger partial charge in [-0.1, -0.05) is 47.5 Å². The summed E-state index contributed by atoms with van der Waals surface area (Å²) in [5.74, 6) is 0. The van der Waals surface area contributed by atoms with E-state index in [0.717, 1.165) is 16.9 Å². The molecular weight excluding hydrogens is 288 g/mol. The molecule has 100 valence electrons. The first kappa shape index (κ1) is 13.2. The number of hydrogen-bond donors (Lipinski definition) is 1. The molecule has 0 atom stereocenters. The first-order chi connectivity index (χ1) is 9.63. The highest BCUT2D eigenvalue weighted by Crippen LogP contribution is 2.21. The van der Waals surface area contributed by atoms with Gasteiger partial charge in [-0.05, 0) is 42.9 Å². The van der Waals surface area contributed by atoms with E-state index in [1.165, 1.54) is 5.56 Å². The van der Waals surface area contributed by atoms with E-state index in [0.29, 0.717) is 9.79 Å². The molecule has 0 unspecified atom stereocenters. The molecular formula is C16H13ClN2S. The third-order valence-electron chi connectivity index (χ3n) is 3.17. The zero-order valence-electron chi connectivity index (χ0n) is 10.9. The molecule has 20 heavy (non-hydrogen) atoms. The van der Waals surface area contributed by atoms with Crippen LogP contribution in [0.15, 0.2) is 54.7 Å². The van der Waals surface area contributed by atoms with Crippen LogP contribution in [0.4, 0.5) is 0 Å². The molecule has 0 radical (unpaired) electrons. The van der Waals surface area contributed by atoms with E-state index >= 15 is 0 Å². The molecule has 3 aromatic rings. The average Bonchev–Trinajstić information content (AvgIpc) is 2.82. The average molecular weight is 301 g/mol. The minimum Gasteiger partial charge on any atom is -0.330 e. The molecule has 0 saturated heterocycles. The highest BCUT2D eigenvalue weighted by atomic mass is 35.5. The van der Waals surface area contributed by atoms with Crippen LogP contribution in [-0.2, 0) is 0 Å². The summed E-state index contributed by atoms with van der Waals surface area (Å²) in [5.41, 5.74) is 4.30. The Bertz CT molecular complexity index is 800. The zero-order valence-corrected chi connectivity index (χ0v) is 12.5. The summed E-state index contributed by atoms with van der Waals surface area (Å²) in [5, 5.41) is 0.697. The molecule has 0 saturated carbocycles. The first-order valence-electron chi connectivity index (χ1n) is 6.28. The topological polar surface area (TPSA) is 20.7 Å². The maximum absolute atomic E-state index is 6.03. The van der Waals surface area contributed by atoms with Crippen molar-refractivity contribution in [3.63, 3.8) is 0 Å². The maximum Gasteiger partial charge on any atom is 0.182 e. The van der Waals surface area contributed by atoms with Crippen molar-refractivity contribution in [3.8, 4) is 16.9 Å². The Balaban J connectivity index is 2.07. The van der Waals surface area contributed by atoms with E-state index in [1.54, 1.807) is 0 Å². The molecule has 1 N–H and O–H groups in total. The number of imidazole rings is 1. The Morgan fingerprint density at radius 3 is 2.55 bits per heavy atom. The number of aryl methyl sites for hydroxylation is 1. The number of aromatic amines is 1. The number of benzene rings is 2. The fraction of sp³-hybridized carbons (Fsp3) is 0.0625. The van der Waals surface area contributed by atoms with Crippen LogP contribution in [0.5, 0.6) is 0 Å². The normalized spacial score (nSPS) is 10.7. The number of halogens is 1. The van der Waals surface area contributed by atoms with Crippen LogP contribution in [0.3, 0.4) is 0 Å². The molecule has 0 amide bonds. The zero-order chi connectivity index (χ0) is 14.1. The lowest BCUT2D eigenvalue weighted by molar-refractivity contribution is 1.03. The summed E-state index contributed by atoms with van der Waals surface area (Å²) in [4.78, 5) is 3.23. The van der Waals surface area contributed by atoms with Gasteiger partial charge in [-0.2, -0.15) is 0 Å². The lowest BCUT2D eigenvalue weighted by Crippen LogP contribution is -1.91. The first-order valence-corrected chi connectivity index (χ1v) is 7.07. The lowest BCUT2D eigenvalue weighted by Gasteiger charge is -2.02. The number of aromatic nitrogens is 2. The standard InChI is InChI=1S/C16H13ClN2S/c1-11-5-7-12(8-6-11)15-10-19(16(20)18-15)14-4-2-3-13(17)9-14/h2-10H,1H3,(H,18,20). The summed E-state index contributed by atoms with van der Waals surface area (Å²) in [7, 11) is 0. The fourth-order valence-corrected chi connectivity index (χ4v) is 2.55. The van der Waals surface area contributed by atoms with Crippen LogP contribution in [0.1, 0.15) is 5.56 Å². The van der Waals surface area contributed by atoms with Crippen molar-refractivity contribution >= 4 is 23.8 Å². The van der Waals surface area contributed by atoms with Crippen molar-refractivity contribution < 1.29 is 0 Å². The summed E-state index contributed by atoms with van der Waals surface area (Å²) in [6, 6.07) is 16.0. The molecule has 0 aliphatic carbocycles. The van der Waals surface area contributed by atoms with Crippen molar-refractivity contribution in [2.45, 2.75) is 6.92 Å². The van der Waals surface area contributed by atoms with Crippen molar-refractivity contribution in [2.75, 3.05) is 0 Å². The Kier molecular flexibility index (Phi) is 3.47. The molecule has 0 bridgehead atoms. The van der Waals surface area contributed by atoms with E-state index in [2.05, 4.69) is 36.2 Å². The van der Waals surface area contributed by atoms with Crippen LogP contribution in [0, 0.1) is 11.7 Å². The second-order valence-electron chi connectivity index (χ2n) is 4.69. The summed E-state index contributed by atoms with van der Waals surface area (Å²) in [6.07, 6.45) is 2.00. The van der Waals surface area contributed by atoms with Crippen molar-refractivity contribution in [1.82, 2.24) is 9.55 Å². The van der Waals surface area contributed by atoms with E-state index in [-0.39, 0.29) is 0 Å². The summed E-state index contributed by atoms with van der Waals surface area (Å²) in [6.45, 7) is 2.07. The van der Waals surface area contributed by atoms with Gasteiger partial charge in [0.15, 0.2) is 4.77 Å². The summed E-state index contributed by atoms with van der Waals surface area (Å²) >= 11 is 11.4. The van der Waals surface area contributed by atoms with Crippen LogP contribution < -0.4 is 0 Å². The van der Waals surface area contributed by atoms with E-state index in [1.807, 2.05) is 35.0 Å². The minimum atomic E-state index is 0.655. The van der Waals surface area contributed by atoms with Gasteiger partial charge in [0.25, 0.3) is 0 Å². The third-order valence-corrected chi connectivity index (χ3v) is 3.70. The Morgan fingerprint density at radius 1 is 1.10 bits per heavy atom. The largest absolute Gasteiger partial charge is 0.330 e. The van der Waals surface area contributed by atoms with Gasteiger partial charge in [0.1, 0.15) is 0 Å². The fourth-order valence-electron chi connectivity index (χ4n) is 2.09. The molecule has 0 aliphatic heterocycles. The SMILES string of the molecule is Cc1ccc(-c2cn(-c3cccc(Cl)c3)c(=S)[nH]2)cc1. The van der Waals surface area contributed by atoms with Crippen LogP contribution in [-0.4, -0.2) is 9.55 Å². The van der Waals surface area contributed by atoms with E-state index < -0.39 is 0 Å². The maximum atomic E-state index is 6.03. The van der Waals surface area contributed by atoms with Gasteiger partial charge in [-0.3, -0.25) is 4.57 Å². The van der Waals surface area contributed by atoms with Crippen molar-refractivity contribution in [1.29, 1.82) is 0 Å². The second kappa shape index (κ2) is 5.27. The smallest absolute Gasteiger partial charge is 0.182 e. The van der Waals surface area contributed by atoms with Gasteiger partial charge in [-0.15, -0.1) is 0 Å². The Labute approximate surface area is 127 Å². The van der Waals surface area contributed by atoms with Crippen LogP contribution >= 0.6 is 23.8 Å². The predicted molar refractivity (Wildman–Crippen MR) is 86.1 cm³/mol. The number of H-pyrrole nitrogens is 1. The highest BCUT2D eigenvalue weighted by molar-refractivity contribution is 7.71. The Morgan fingerprint density at radius 2 is 1.85 bits per heavy atom. The molecule has 1 heterocycles. The van der Waals surface area contributed by atoms with Crippen LogP contribution in [0.25, 0.3) is 16.9 Å². The minimum absolute atomic E-state index is 0.655. The van der Waals surface area contributed by atoms with Gasteiger partial charge < -0.3 is 4.98 Å². The van der Waals surface area contributed by atoms with Crippen molar-refractivity contribution in [2.24, 2.45) is 0 Å². The second-order valence-corrected chi connectivity index (χ2v) is 5.51. The quantitative estimate of drug-likeness (QED) is 0.648. The van der Waals surface area contributed by atoms with Crippen LogP contribution in [0.2, 0.25) is 5.02 Å². The van der Waals surface area contributed by atoms with Gasteiger partial charge >= 0.3 is 0 Å².